The fourth-order valence-corrected chi connectivity index (χ4v) is 5.59. The summed E-state index contributed by atoms with van der Waals surface area (Å²) >= 11 is 1.34. The first-order valence-electron chi connectivity index (χ1n) is 9.34. The van der Waals surface area contributed by atoms with E-state index >= 15 is 0 Å². The van der Waals surface area contributed by atoms with Crippen LogP contribution in [0.25, 0.3) is 11.1 Å². The Bertz CT molecular complexity index is 1050. The molecule has 0 saturated heterocycles. The minimum absolute atomic E-state index is 0.0613. The van der Waals surface area contributed by atoms with Crippen molar-refractivity contribution < 1.29 is 19.4 Å². The first kappa shape index (κ1) is 19.2. The van der Waals surface area contributed by atoms with Gasteiger partial charge in [0.15, 0.2) is 0 Å². The van der Waals surface area contributed by atoms with E-state index in [4.69, 9.17) is 4.74 Å². The van der Waals surface area contributed by atoms with Gasteiger partial charge < -0.3 is 15.2 Å². The lowest BCUT2D eigenvalue weighted by Gasteiger charge is -2.23. The van der Waals surface area contributed by atoms with Crippen LogP contribution >= 0.6 is 11.3 Å². The van der Waals surface area contributed by atoms with E-state index in [-0.39, 0.29) is 17.7 Å². The number of amides is 1. The molecule has 1 heterocycles. The van der Waals surface area contributed by atoms with Crippen LogP contribution in [0.5, 0.6) is 5.75 Å². The highest BCUT2D eigenvalue weighted by Gasteiger charge is 2.51. The third kappa shape index (κ3) is 3.19. The van der Waals surface area contributed by atoms with Gasteiger partial charge in [-0.25, -0.2) is 0 Å². The number of thiophene rings is 1. The monoisotopic (exact) mass is 408 g/mol. The van der Waals surface area contributed by atoms with Gasteiger partial charge in [-0.2, -0.15) is 5.26 Å². The van der Waals surface area contributed by atoms with Gasteiger partial charge in [0.2, 0.25) is 5.91 Å². The van der Waals surface area contributed by atoms with Crippen LogP contribution in [0.4, 0.5) is 5.00 Å². The molecule has 2 aliphatic rings. The van der Waals surface area contributed by atoms with Crippen molar-refractivity contribution >= 4 is 28.2 Å². The topological polar surface area (TPSA) is 99.4 Å². The summed E-state index contributed by atoms with van der Waals surface area (Å²) in [5.41, 5.74) is 2.04. The second kappa shape index (κ2) is 7.37. The molecule has 1 aromatic heterocycles. The van der Waals surface area contributed by atoms with E-state index in [0.29, 0.717) is 17.0 Å². The van der Waals surface area contributed by atoms with Gasteiger partial charge in [-0.3, -0.25) is 9.59 Å². The van der Waals surface area contributed by atoms with Crippen molar-refractivity contribution in [3.8, 4) is 22.9 Å². The largest absolute Gasteiger partial charge is 0.497 e. The van der Waals surface area contributed by atoms with Crippen LogP contribution in [-0.4, -0.2) is 24.1 Å². The lowest BCUT2D eigenvalue weighted by molar-refractivity contribution is -0.146. The molecule has 7 heteroatoms. The fourth-order valence-electron chi connectivity index (χ4n) is 4.56. The van der Waals surface area contributed by atoms with Crippen molar-refractivity contribution in [1.82, 2.24) is 0 Å². The van der Waals surface area contributed by atoms with Crippen molar-refractivity contribution in [1.29, 1.82) is 5.26 Å². The smallest absolute Gasteiger partial charge is 0.307 e. The number of hydrogen-bond acceptors (Lipinski definition) is 5. The SMILES string of the molecule is COc1ccc(-c2c(C)sc(NC(=O)[C@@H]3[C@H](C(=O)O)[C@H]4C=C[C@H]3C4)c2C#N)cc1. The average molecular weight is 408 g/mol. The summed E-state index contributed by atoms with van der Waals surface area (Å²) in [6.45, 7) is 1.90. The molecule has 148 valence electrons. The van der Waals surface area contributed by atoms with E-state index < -0.39 is 17.8 Å². The molecule has 0 aliphatic heterocycles. The van der Waals surface area contributed by atoms with Gasteiger partial charge >= 0.3 is 5.97 Å². The maximum atomic E-state index is 13.0. The molecule has 6 nitrogen and oxygen atoms in total. The number of rotatable bonds is 5. The number of carboxylic acid groups (broad SMARTS) is 1. The number of carboxylic acids is 1. The molecule has 1 amide bonds. The van der Waals surface area contributed by atoms with Gasteiger partial charge in [-0.05, 0) is 42.9 Å². The molecule has 0 unspecified atom stereocenters. The molecule has 29 heavy (non-hydrogen) atoms. The van der Waals surface area contributed by atoms with Gasteiger partial charge in [0.05, 0.1) is 24.5 Å². The third-order valence-corrected chi connectivity index (χ3v) is 6.88. The van der Waals surface area contributed by atoms with E-state index in [9.17, 15) is 20.0 Å². The zero-order valence-electron chi connectivity index (χ0n) is 16.0. The van der Waals surface area contributed by atoms with Crippen LogP contribution in [0.2, 0.25) is 0 Å². The first-order chi connectivity index (χ1) is 13.9. The Morgan fingerprint density at radius 1 is 1.21 bits per heavy atom. The second-order valence-electron chi connectivity index (χ2n) is 7.41. The number of allylic oxidation sites excluding steroid dienone is 2. The van der Waals surface area contributed by atoms with Gasteiger partial charge in [0.1, 0.15) is 16.8 Å². The molecule has 4 atom stereocenters. The van der Waals surface area contributed by atoms with Crippen molar-refractivity contribution in [2.75, 3.05) is 12.4 Å². The quantitative estimate of drug-likeness (QED) is 0.727. The van der Waals surface area contributed by atoms with E-state index in [2.05, 4.69) is 11.4 Å². The standard InChI is InChI=1S/C22H20N2O4S/c1-11-17(12-5-7-15(28-2)8-6-12)16(10-23)21(29-11)24-20(25)18-13-3-4-14(9-13)19(18)22(26)27/h3-8,13-14,18-19H,9H2,1-2H3,(H,24,25)(H,26,27)/t13-,14-,18-,19+/m0/s1. The van der Waals surface area contributed by atoms with Gasteiger partial charge in [0.25, 0.3) is 0 Å². The number of benzene rings is 1. The Balaban J connectivity index is 1.64. The number of hydrogen-bond donors (Lipinski definition) is 2. The molecule has 2 bridgehead atoms. The molecular formula is C22H20N2O4S. The van der Waals surface area contributed by atoms with Crippen LogP contribution < -0.4 is 10.1 Å². The number of carbonyl (C=O) groups excluding carboxylic acids is 1. The number of methoxy groups -OCH3 is 1. The minimum atomic E-state index is -0.941. The lowest BCUT2D eigenvalue weighted by atomic mass is 9.82. The predicted octanol–water partition coefficient (Wildman–Crippen LogP) is 4.07. The summed E-state index contributed by atoms with van der Waals surface area (Å²) in [5, 5.41) is 22.7. The molecule has 2 aromatic rings. The number of nitrogens with one attached hydrogen (secondary N) is 1. The summed E-state index contributed by atoms with van der Waals surface area (Å²) in [6, 6.07) is 9.61. The van der Waals surface area contributed by atoms with E-state index in [1.165, 1.54) is 11.3 Å². The summed E-state index contributed by atoms with van der Waals surface area (Å²) < 4.78 is 5.19. The van der Waals surface area contributed by atoms with Gasteiger partial charge in [-0.15, -0.1) is 11.3 Å². The molecule has 1 saturated carbocycles. The summed E-state index contributed by atoms with van der Waals surface area (Å²) in [6.07, 6.45) is 4.55. The molecule has 4 rings (SSSR count). The van der Waals surface area contributed by atoms with Crippen LogP contribution in [0, 0.1) is 41.9 Å². The molecule has 0 spiro atoms. The van der Waals surface area contributed by atoms with E-state index in [1.807, 2.05) is 43.3 Å². The number of aryl methyl sites for hydroxylation is 1. The highest BCUT2D eigenvalue weighted by Crippen LogP contribution is 2.49. The van der Waals surface area contributed by atoms with Gasteiger partial charge in [0, 0.05) is 10.4 Å². The molecule has 0 radical (unpaired) electrons. The molecule has 2 aliphatic carbocycles. The number of nitrogens with zero attached hydrogens (tertiary/aromatic N) is 1. The number of anilines is 1. The van der Waals surface area contributed by atoms with Crippen molar-refractivity contribution in [3.05, 3.63) is 46.9 Å². The maximum Gasteiger partial charge on any atom is 0.307 e. The molecule has 2 N–H and O–H groups in total. The van der Waals surface area contributed by atoms with Crippen LogP contribution in [0.15, 0.2) is 36.4 Å². The van der Waals surface area contributed by atoms with Crippen molar-refractivity contribution in [3.63, 3.8) is 0 Å². The van der Waals surface area contributed by atoms with Crippen molar-refractivity contribution in [2.24, 2.45) is 23.7 Å². The minimum Gasteiger partial charge on any atom is -0.497 e. The zero-order chi connectivity index (χ0) is 20.7. The molecule has 1 fully saturated rings. The van der Waals surface area contributed by atoms with Crippen LogP contribution in [-0.2, 0) is 9.59 Å². The Morgan fingerprint density at radius 3 is 2.45 bits per heavy atom. The first-order valence-corrected chi connectivity index (χ1v) is 10.2. The third-order valence-electron chi connectivity index (χ3n) is 5.86. The lowest BCUT2D eigenvalue weighted by Crippen LogP contribution is -2.36. The average Bonchev–Trinajstić information content (AvgIpc) is 3.40. The Kier molecular flexibility index (Phi) is 4.89. The molecular weight excluding hydrogens is 388 g/mol. The number of ether oxygens (including phenoxy) is 1. The van der Waals surface area contributed by atoms with Gasteiger partial charge in [-0.1, -0.05) is 24.3 Å². The highest BCUT2D eigenvalue weighted by molar-refractivity contribution is 7.17. The van der Waals surface area contributed by atoms with E-state index in [0.717, 1.165) is 21.8 Å². The molecule has 1 aromatic carbocycles. The summed E-state index contributed by atoms with van der Waals surface area (Å²) in [5.74, 6) is -2.02. The highest BCUT2D eigenvalue weighted by atomic mass is 32.1. The Labute approximate surface area is 172 Å². The number of fused-ring (bicyclic) bond motifs is 2. The summed E-state index contributed by atoms with van der Waals surface area (Å²) in [4.78, 5) is 25.6. The van der Waals surface area contributed by atoms with E-state index in [1.54, 1.807) is 7.11 Å². The maximum absolute atomic E-state index is 13.0. The normalized spacial score (nSPS) is 24.3. The fraction of sp³-hybridized carbons (Fsp3) is 0.318. The number of aliphatic carboxylic acids is 1. The number of nitriles is 1. The Morgan fingerprint density at radius 2 is 1.86 bits per heavy atom. The van der Waals surface area contributed by atoms with Crippen LogP contribution in [0.3, 0.4) is 0 Å². The summed E-state index contributed by atoms with van der Waals surface area (Å²) in [7, 11) is 1.59. The Hall–Kier alpha value is -3.11. The second-order valence-corrected chi connectivity index (χ2v) is 8.63. The van der Waals surface area contributed by atoms with Crippen molar-refractivity contribution in [2.45, 2.75) is 13.3 Å². The number of carbonyl (C=O) groups is 2. The van der Waals surface area contributed by atoms with Crippen LogP contribution in [0.1, 0.15) is 16.9 Å². The predicted molar refractivity (Wildman–Crippen MR) is 110 cm³/mol. The zero-order valence-corrected chi connectivity index (χ0v) is 16.8.